The van der Waals surface area contributed by atoms with Crippen molar-refractivity contribution in [3.05, 3.63) is 244 Å². The van der Waals surface area contributed by atoms with Gasteiger partial charge in [-0.25, -0.2) is 0 Å². The van der Waals surface area contributed by atoms with E-state index in [4.69, 9.17) is 0 Å². The van der Waals surface area contributed by atoms with E-state index in [1.165, 1.54) is 141 Å². The average Bonchev–Trinajstić information content (AvgIpc) is 3.98. The molecule has 14 rings (SSSR count). The van der Waals surface area contributed by atoms with Crippen LogP contribution in [-0.2, 0) is 29.1 Å². The summed E-state index contributed by atoms with van der Waals surface area (Å²) in [5.74, 6) is 0. The molecule has 0 bridgehead atoms. The standard InChI is InChI=1S/C65H51N/c1-63(2)54-27-12-7-21-45(54)50-34-32-41(36-59(50)63)66(42-33-35-51-46-22-8-13-28-55(46)64(3,4)60(51)37-42)62-39-61-52(38-53(62)44-26-17-19-40-18-5-6-20-43(40)44)49-25-11-16-31-58(49)65(61)56-29-14-9-23-47(56)48-24-10-15-30-57(48)65/h7-17,19,21-39H,5-6,18,20H2,1-4H3. The van der Waals surface area contributed by atoms with Crippen molar-refractivity contribution in [1.82, 2.24) is 0 Å². The molecule has 5 aliphatic rings. The number of anilines is 3. The first-order valence-corrected chi connectivity index (χ1v) is 24.1. The van der Waals surface area contributed by atoms with E-state index in [2.05, 4.69) is 221 Å². The molecule has 5 aliphatic carbocycles. The van der Waals surface area contributed by atoms with Crippen molar-refractivity contribution in [3.8, 4) is 55.6 Å². The number of benzene rings is 9. The van der Waals surface area contributed by atoms with Gasteiger partial charge in [0.05, 0.1) is 11.1 Å². The topological polar surface area (TPSA) is 3.24 Å². The molecule has 0 unspecified atom stereocenters. The fourth-order valence-electron chi connectivity index (χ4n) is 13.7. The Labute approximate surface area is 389 Å². The van der Waals surface area contributed by atoms with Crippen LogP contribution in [0.25, 0.3) is 55.6 Å². The van der Waals surface area contributed by atoms with E-state index in [9.17, 15) is 0 Å². The molecular formula is C65H51N. The van der Waals surface area contributed by atoms with Crippen LogP contribution in [0.15, 0.2) is 188 Å². The van der Waals surface area contributed by atoms with Gasteiger partial charge in [0.2, 0.25) is 0 Å². The van der Waals surface area contributed by atoms with Gasteiger partial charge in [0.25, 0.3) is 0 Å². The Morgan fingerprint density at radius 1 is 0.318 bits per heavy atom. The summed E-state index contributed by atoms with van der Waals surface area (Å²) in [6.07, 6.45) is 4.69. The monoisotopic (exact) mass is 845 g/mol. The van der Waals surface area contributed by atoms with Crippen LogP contribution in [0.4, 0.5) is 17.1 Å². The van der Waals surface area contributed by atoms with Crippen LogP contribution in [-0.4, -0.2) is 0 Å². The minimum atomic E-state index is -0.475. The highest BCUT2D eigenvalue weighted by Gasteiger charge is 2.52. The van der Waals surface area contributed by atoms with Crippen molar-refractivity contribution >= 4 is 17.1 Å². The maximum absolute atomic E-state index is 2.65. The highest BCUT2D eigenvalue weighted by Crippen LogP contribution is 2.65. The highest BCUT2D eigenvalue weighted by molar-refractivity contribution is 6.01. The molecule has 1 heteroatoms. The summed E-state index contributed by atoms with van der Waals surface area (Å²) < 4.78 is 0. The van der Waals surface area contributed by atoms with E-state index < -0.39 is 5.41 Å². The molecule has 316 valence electrons. The van der Waals surface area contributed by atoms with Crippen molar-refractivity contribution < 1.29 is 0 Å². The van der Waals surface area contributed by atoms with E-state index in [1.54, 1.807) is 0 Å². The molecule has 1 nitrogen and oxygen atoms in total. The normalized spacial score (nSPS) is 16.3. The minimum absolute atomic E-state index is 0.155. The minimum Gasteiger partial charge on any atom is -0.310 e. The zero-order valence-corrected chi connectivity index (χ0v) is 38.2. The lowest BCUT2D eigenvalue weighted by Crippen LogP contribution is -2.26. The predicted molar refractivity (Wildman–Crippen MR) is 275 cm³/mol. The van der Waals surface area contributed by atoms with Crippen molar-refractivity contribution in [2.24, 2.45) is 0 Å². The number of hydrogen-bond donors (Lipinski definition) is 0. The van der Waals surface area contributed by atoms with Gasteiger partial charge in [-0.15, -0.1) is 0 Å². The molecule has 0 amide bonds. The van der Waals surface area contributed by atoms with Crippen LogP contribution in [0.5, 0.6) is 0 Å². The Morgan fingerprint density at radius 2 is 0.742 bits per heavy atom. The van der Waals surface area contributed by atoms with Gasteiger partial charge in [-0.2, -0.15) is 0 Å². The molecule has 0 fully saturated rings. The summed E-state index contributed by atoms with van der Waals surface area (Å²) in [6, 6.07) is 72.9. The lowest BCUT2D eigenvalue weighted by atomic mass is 9.70. The maximum atomic E-state index is 2.65. The highest BCUT2D eigenvalue weighted by atomic mass is 15.1. The van der Waals surface area contributed by atoms with Crippen molar-refractivity contribution in [3.63, 3.8) is 0 Å². The summed E-state index contributed by atoms with van der Waals surface area (Å²) in [5, 5.41) is 0. The van der Waals surface area contributed by atoms with Gasteiger partial charge in [0, 0.05) is 27.8 Å². The van der Waals surface area contributed by atoms with Crippen LogP contribution in [0.2, 0.25) is 0 Å². The molecule has 9 aromatic rings. The third-order valence-electron chi connectivity index (χ3n) is 16.7. The number of aryl methyl sites for hydroxylation is 1. The number of nitrogens with zero attached hydrogens (tertiary/aromatic N) is 1. The van der Waals surface area contributed by atoms with E-state index in [-0.39, 0.29) is 10.8 Å². The molecule has 0 heterocycles. The van der Waals surface area contributed by atoms with Crippen molar-refractivity contribution in [2.75, 3.05) is 4.90 Å². The van der Waals surface area contributed by atoms with Crippen LogP contribution in [0.3, 0.4) is 0 Å². The molecule has 0 aliphatic heterocycles. The molecule has 0 saturated heterocycles. The first kappa shape index (κ1) is 38.1. The van der Waals surface area contributed by atoms with Crippen LogP contribution in [0.1, 0.15) is 96.2 Å². The first-order chi connectivity index (χ1) is 32.3. The summed E-state index contributed by atoms with van der Waals surface area (Å²) in [6.45, 7) is 9.64. The summed E-state index contributed by atoms with van der Waals surface area (Å²) in [4.78, 5) is 2.65. The first-order valence-electron chi connectivity index (χ1n) is 24.1. The van der Waals surface area contributed by atoms with Gasteiger partial charge in [0.1, 0.15) is 0 Å². The van der Waals surface area contributed by atoms with Gasteiger partial charge >= 0.3 is 0 Å². The number of rotatable bonds is 4. The maximum Gasteiger partial charge on any atom is 0.0726 e. The molecule has 1 spiro atoms. The fourth-order valence-corrected chi connectivity index (χ4v) is 13.7. The molecule has 0 aromatic heterocycles. The molecule has 0 radical (unpaired) electrons. The molecule has 0 saturated carbocycles. The molecule has 9 aromatic carbocycles. The van der Waals surface area contributed by atoms with Crippen LogP contribution >= 0.6 is 0 Å². The lowest BCUT2D eigenvalue weighted by molar-refractivity contribution is 0.660. The third kappa shape index (κ3) is 4.85. The summed E-state index contributed by atoms with van der Waals surface area (Å²) >= 11 is 0. The zero-order valence-electron chi connectivity index (χ0n) is 38.2. The fraction of sp³-hybridized carbons (Fsp3) is 0.169. The second kappa shape index (κ2) is 13.4. The molecular weight excluding hydrogens is 795 g/mol. The molecule has 0 atom stereocenters. The van der Waals surface area contributed by atoms with Gasteiger partial charge in [-0.3, -0.25) is 0 Å². The zero-order chi connectivity index (χ0) is 44.1. The van der Waals surface area contributed by atoms with Gasteiger partial charge in [-0.1, -0.05) is 179 Å². The van der Waals surface area contributed by atoms with Crippen molar-refractivity contribution in [2.45, 2.75) is 69.6 Å². The Morgan fingerprint density at radius 3 is 1.27 bits per heavy atom. The van der Waals surface area contributed by atoms with Crippen LogP contribution < -0.4 is 4.90 Å². The quantitative estimate of drug-likeness (QED) is 0.171. The summed E-state index contributed by atoms with van der Waals surface area (Å²) in [7, 11) is 0. The second-order valence-electron chi connectivity index (χ2n) is 20.6. The van der Waals surface area contributed by atoms with Crippen molar-refractivity contribution in [1.29, 1.82) is 0 Å². The Bertz CT molecular complexity index is 3410. The second-order valence-corrected chi connectivity index (χ2v) is 20.6. The van der Waals surface area contributed by atoms with E-state index in [0.29, 0.717) is 0 Å². The Hall–Kier alpha value is -7.22. The Balaban J connectivity index is 1.11. The smallest absolute Gasteiger partial charge is 0.0726 e. The van der Waals surface area contributed by atoms with E-state index in [1.807, 2.05) is 0 Å². The largest absolute Gasteiger partial charge is 0.310 e. The van der Waals surface area contributed by atoms with Crippen LogP contribution in [0, 0.1) is 0 Å². The molecule has 0 N–H and O–H groups in total. The van der Waals surface area contributed by atoms with Gasteiger partial charge < -0.3 is 4.90 Å². The van der Waals surface area contributed by atoms with E-state index in [0.717, 1.165) is 12.8 Å². The number of fused-ring (bicyclic) bond motifs is 17. The average molecular weight is 846 g/mol. The predicted octanol–water partition coefficient (Wildman–Crippen LogP) is 16.7. The number of hydrogen-bond acceptors (Lipinski definition) is 1. The van der Waals surface area contributed by atoms with Gasteiger partial charge in [0.15, 0.2) is 0 Å². The Kier molecular flexibility index (Phi) is 7.75. The molecule has 66 heavy (non-hydrogen) atoms. The SMILES string of the molecule is CC1(C)c2ccccc2-c2ccc(N(c3ccc4c(c3)C(C)(C)c3ccccc3-4)c3cc4c(cc3-c3cccc5c3CCCC5)-c3ccccc3C43c4ccccc4-c4ccccc43)cc21. The van der Waals surface area contributed by atoms with E-state index >= 15 is 0 Å². The lowest BCUT2D eigenvalue weighted by Gasteiger charge is -2.34. The van der Waals surface area contributed by atoms with Gasteiger partial charge in [-0.05, 0) is 168 Å². The summed E-state index contributed by atoms with van der Waals surface area (Å²) in [5.41, 5.74) is 30.2. The third-order valence-corrected chi connectivity index (χ3v) is 16.7.